The average molecular weight is 295 g/mol. The van der Waals surface area contributed by atoms with E-state index in [-0.39, 0.29) is 22.4 Å². The Morgan fingerprint density at radius 1 is 1.43 bits per heavy atom. The van der Waals surface area contributed by atoms with E-state index in [1.54, 1.807) is 0 Å². The number of benzene rings is 1. The highest BCUT2D eigenvalue weighted by atomic mass is 16.6. The first-order valence-corrected chi connectivity index (χ1v) is 6.53. The van der Waals surface area contributed by atoms with Crippen molar-refractivity contribution in [1.82, 2.24) is 10.2 Å². The van der Waals surface area contributed by atoms with Gasteiger partial charge in [0.1, 0.15) is 11.3 Å². The molecule has 0 fully saturated rings. The van der Waals surface area contributed by atoms with Gasteiger partial charge in [-0.2, -0.15) is 0 Å². The minimum Gasteiger partial charge on any atom is -0.508 e. The van der Waals surface area contributed by atoms with Crippen LogP contribution in [-0.4, -0.2) is 48.0 Å². The molecule has 1 rings (SSSR count). The molecule has 7 heteroatoms. The molecule has 0 saturated carbocycles. The molecule has 1 aromatic rings. The lowest BCUT2D eigenvalue weighted by molar-refractivity contribution is -0.385. The average Bonchev–Trinajstić information content (AvgIpc) is 2.34. The molecular weight excluding hydrogens is 274 g/mol. The molecule has 116 valence electrons. The number of nitro groups is 1. The summed E-state index contributed by atoms with van der Waals surface area (Å²) >= 11 is 0. The third-order valence-electron chi connectivity index (χ3n) is 2.89. The number of hydrogen-bond acceptors (Lipinski definition) is 5. The first-order chi connectivity index (χ1) is 9.62. The van der Waals surface area contributed by atoms with Gasteiger partial charge in [0.15, 0.2) is 0 Å². The Hall–Kier alpha value is -2.15. The fourth-order valence-corrected chi connectivity index (χ4v) is 2.19. The molecule has 0 unspecified atom stereocenters. The predicted molar refractivity (Wildman–Crippen MR) is 79.4 cm³/mol. The van der Waals surface area contributed by atoms with E-state index in [4.69, 9.17) is 0 Å². The van der Waals surface area contributed by atoms with Crippen molar-refractivity contribution in [1.29, 1.82) is 0 Å². The zero-order valence-corrected chi connectivity index (χ0v) is 12.7. The predicted octanol–water partition coefficient (Wildman–Crippen LogP) is 1.62. The van der Waals surface area contributed by atoms with Crippen molar-refractivity contribution in [3.8, 4) is 5.75 Å². The van der Waals surface area contributed by atoms with Crippen LogP contribution in [-0.2, 0) is 0 Å². The number of rotatable bonds is 6. The topological polar surface area (TPSA) is 95.7 Å². The van der Waals surface area contributed by atoms with Gasteiger partial charge < -0.3 is 15.3 Å². The van der Waals surface area contributed by atoms with Crippen molar-refractivity contribution in [2.75, 3.05) is 27.2 Å². The van der Waals surface area contributed by atoms with E-state index < -0.39 is 10.8 Å². The Morgan fingerprint density at radius 3 is 2.57 bits per heavy atom. The van der Waals surface area contributed by atoms with E-state index in [1.165, 1.54) is 6.07 Å². The summed E-state index contributed by atoms with van der Waals surface area (Å²) in [4.78, 5) is 24.4. The second kappa shape index (κ2) is 6.53. The Balaban J connectivity index is 2.85. The van der Waals surface area contributed by atoms with Crippen LogP contribution in [0.15, 0.2) is 18.2 Å². The zero-order chi connectivity index (χ0) is 16.2. The van der Waals surface area contributed by atoms with Crippen molar-refractivity contribution in [2.45, 2.75) is 13.8 Å². The van der Waals surface area contributed by atoms with Gasteiger partial charge in [-0.3, -0.25) is 14.9 Å². The Morgan fingerprint density at radius 2 is 2.05 bits per heavy atom. The molecule has 0 spiro atoms. The highest BCUT2D eigenvalue weighted by Crippen LogP contribution is 2.23. The quantitative estimate of drug-likeness (QED) is 0.614. The number of carbonyl (C=O) groups is 1. The number of aromatic hydroxyl groups is 1. The van der Waals surface area contributed by atoms with Gasteiger partial charge in [0, 0.05) is 19.2 Å². The molecule has 0 bridgehead atoms. The molecule has 0 radical (unpaired) electrons. The van der Waals surface area contributed by atoms with Crippen molar-refractivity contribution in [2.24, 2.45) is 5.41 Å². The number of carbonyl (C=O) groups excluding carboxylic acids is 1. The van der Waals surface area contributed by atoms with Crippen molar-refractivity contribution in [3.63, 3.8) is 0 Å². The normalized spacial score (nSPS) is 11.5. The standard InChI is InChI=1S/C14H21N3O4/c1-14(2,9-16(3)4)8-15-13(19)11-7-10(18)5-6-12(11)17(20)21/h5-7,18H,8-9H2,1-4H3,(H,15,19). The van der Waals surface area contributed by atoms with Crippen LogP contribution in [0.5, 0.6) is 5.75 Å². The number of hydrogen-bond donors (Lipinski definition) is 2. The van der Waals surface area contributed by atoms with Gasteiger partial charge in [-0.05, 0) is 31.6 Å². The van der Waals surface area contributed by atoms with E-state index in [1.807, 2.05) is 32.8 Å². The smallest absolute Gasteiger partial charge is 0.282 e. The summed E-state index contributed by atoms with van der Waals surface area (Å²) in [6.07, 6.45) is 0. The summed E-state index contributed by atoms with van der Waals surface area (Å²) in [6.45, 7) is 5.11. The fraction of sp³-hybridized carbons (Fsp3) is 0.500. The van der Waals surface area contributed by atoms with Crippen LogP contribution >= 0.6 is 0 Å². The molecule has 7 nitrogen and oxygen atoms in total. The molecule has 21 heavy (non-hydrogen) atoms. The van der Waals surface area contributed by atoms with Crippen LogP contribution < -0.4 is 5.32 Å². The monoisotopic (exact) mass is 295 g/mol. The van der Waals surface area contributed by atoms with Gasteiger partial charge in [0.05, 0.1) is 4.92 Å². The number of phenols is 1. The van der Waals surface area contributed by atoms with Crippen LogP contribution in [0.25, 0.3) is 0 Å². The number of phenolic OH excluding ortho intramolecular Hbond substituents is 1. The molecule has 0 aromatic heterocycles. The maximum Gasteiger partial charge on any atom is 0.282 e. The minimum atomic E-state index is -0.640. The lowest BCUT2D eigenvalue weighted by Crippen LogP contribution is -2.40. The summed E-state index contributed by atoms with van der Waals surface area (Å²) in [7, 11) is 3.87. The summed E-state index contributed by atoms with van der Waals surface area (Å²) in [5, 5.41) is 23.0. The van der Waals surface area contributed by atoms with Gasteiger partial charge in [-0.15, -0.1) is 0 Å². The first-order valence-electron chi connectivity index (χ1n) is 6.53. The van der Waals surface area contributed by atoms with Gasteiger partial charge in [-0.1, -0.05) is 13.8 Å². The molecule has 0 aliphatic carbocycles. The number of amides is 1. The van der Waals surface area contributed by atoms with E-state index in [2.05, 4.69) is 5.32 Å². The molecule has 0 atom stereocenters. The third kappa shape index (κ3) is 5.03. The molecule has 1 aromatic carbocycles. The lowest BCUT2D eigenvalue weighted by atomic mass is 9.93. The van der Waals surface area contributed by atoms with E-state index in [0.29, 0.717) is 6.54 Å². The number of nitrogens with zero attached hydrogens (tertiary/aromatic N) is 2. The third-order valence-corrected chi connectivity index (χ3v) is 2.89. The Kier molecular flexibility index (Phi) is 5.26. The molecule has 0 aliphatic heterocycles. The lowest BCUT2D eigenvalue weighted by Gasteiger charge is -2.28. The van der Waals surface area contributed by atoms with Crippen molar-refractivity contribution < 1.29 is 14.8 Å². The zero-order valence-electron chi connectivity index (χ0n) is 12.7. The van der Waals surface area contributed by atoms with Gasteiger partial charge in [0.25, 0.3) is 11.6 Å². The molecule has 1 amide bonds. The van der Waals surface area contributed by atoms with Gasteiger partial charge >= 0.3 is 0 Å². The van der Waals surface area contributed by atoms with Crippen LogP contribution in [0.1, 0.15) is 24.2 Å². The van der Waals surface area contributed by atoms with Crippen LogP contribution in [0, 0.1) is 15.5 Å². The maximum absolute atomic E-state index is 12.1. The summed E-state index contributed by atoms with van der Waals surface area (Å²) in [5.74, 6) is -0.747. The SMILES string of the molecule is CN(C)CC(C)(C)CNC(=O)c1cc(O)ccc1[N+](=O)[O-]. The van der Waals surface area contributed by atoms with Crippen LogP contribution in [0.4, 0.5) is 5.69 Å². The minimum absolute atomic E-state index is 0.138. The molecular formula is C14H21N3O4. The molecule has 0 saturated heterocycles. The van der Waals surface area contributed by atoms with Crippen LogP contribution in [0.2, 0.25) is 0 Å². The fourth-order valence-electron chi connectivity index (χ4n) is 2.19. The second-order valence-electron chi connectivity index (χ2n) is 6.04. The van der Waals surface area contributed by atoms with Crippen molar-refractivity contribution in [3.05, 3.63) is 33.9 Å². The Labute approximate surface area is 123 Å². The summed E-state index contributed by atoms with van der Waals surface area (Å²) in [6, 6.07) is 3.41. The van der Waals surface area contributed by atoms with Crippen LogP contribution in [0.3, 0.4) is 0 Å². The maximum atomic E-state index is 12.1. The second-order valence-corrected chi connectivity index (χ2v) is 6.04. The molecule has 0 heterocycles. The first kappa shape index (κ1) is 16.9. The van der Waals surface area contributed by atoms with Gasteiger partial charge in [-0.25, -0.2) is 0 Å². The summed E-state index contributed by atoms with van der Waals surface area (Å²) in [5.41, 5.74) is -0.638. The van der Waals surface area contributed by atoms with E-state index in [0.717, 1.165) is 18.7 Å². The highest BCUT2D eigenvalue weighted by molar-refractivity contribution is 5.98. The van der Waals surface area contributed by atoms with Crippen molar-refractivity contribution >= 4 is 11.6 Å². The highest BCUT2D eigenvalue weighted by Gasteiger charge is 2.24. The van der Waals surface area contributed by atoms with E-state index in [9.17, 15) is 20.0 Å². The number of nitrogens with one attached hydrogen (secondary N) is 1. The Bertz CT molecular complexity index is 541. The van der Waals surface area contributed by atoms with E-state index >= 15 is 0 Å². The van der Waals surface area contributed by atoms with Gasteiger partial charge in [0.2, 0.25) is 0 Å². The molecule has 2 N–H and O–H groups in total. The molecule has 0 aliphatic rings. The number of nitro benzene ring substituents is 1. The summed E-state index contributed by atoms with van der Waals surface area (Å²) < 4.78 is 0. The largest absolute Gasteiger partial charge is 0.508 e.